The average Bonchev–Trinajstić information content (AvgIpc) is 2.52. The van der Waals surface area contributed by atoms with Crippen molar-refractivity contribution in [2.75, 3.05) is 30.4 Å². The van der Waals surface area contributed by atoms with Gasteiger partial charge < -0.3 is 20.1 Å². The number of aryl methyl sites for hydroxylation is 1. The number of hydrogen-bond acceptors (Lipinski definition) is 6. The van der Waals surface area contributed by atoms with E-state index in [4.69, 9.17) is 9.47 Å². The molecule has 1 aromatic heterocycles. The zero-order valence-electron chi connectivity index (χ0n) is 12.8. The molecule has 1 aromatic carbocycles. The molecule has 0 amide bonds. The lowest BCUT2D eigenvalue weighted by molar-refractivity contribution is 0.171. The van der Waals surface area contributed by atoms with E-state index in [0.29, 0.717) is 19.2 Å². The van der Waals surface area contributed by atoms with Crippen LogP contribution in [0.3, 0.4) is 0 Å². The number of ether oxygens (including phenoxy) is 2. The van der Waals surface area contributed by atoms with Gasteiger partial charge in [-0.1, -0.05) is 6.92 Å². The van der Waals surface area contributed by atoms with Gasteiger partial charge in [0.1, 0.15) is 19.0 Å². The summed E-state index contributed by atoms with van der Waals surface area (Å²) >= 11 is 0. The van der Waals surface area contributed by atoms with Gasteiger partial charge in [0.15, 0.2) is 11.5 Å². The molecule has 0 saturated heterocycles. The molecule has 22 heavy (non-hydrogen) atoms. The van der Waals surface area contributed by atoms with E-state index in [1.165, 1.54) is 0 Å². The summed E-state index contributed by atoms with van der Waals surface area (Å²) in [7, 11) is 0. The quantitative estimate of drug-likeness (QED) is 0.884. The molecule has 6 heteroatoms. The van der Waals surface area contributed by atoms with Crippen molar-refractivity contribution in [3.8, 4) is 11.5 Å². The highest BCUT2D eigenvalue weighted by Crippen LogP contribution is 2.33. The Labute approximate surface area is 129 Å². The second-order valence-electron chi connectivity index (χ2n) is 5.13. The minimum atomic E-state index is 0.565. The number of rotatable bonds is 5. The van der Waals surface area contributed by atoms with E-state index >= 15 is 0 Å². The Morgan fingerprint density at radius 3 is 2.73 bits per heavy atom. The predicted octanol–water partition coefficient (Wildman–Crippen LogP) is 3.12. The van der Waals surface area contributed by atoms with Crippen molar-refractivity contribution >= 4 is 17.5 Å². The minimum Gasteiger partial charge on any atom is -0.486 e. The van der Waals surface area contributed by atoms with Gasteiger partial charge in [-0.2, -0.15) is 4.98 Å². The number of nitrogens with zero attached hydrogens (tertiary/aromatic N) is 2. The first kappa shape index (κ1) is 14.4. The SMILES string of the molecule is CCCNc1cc(C)nc(Nc2ccc3c(c2)OCCO3)n1. The number of hydrogen-bond donors (Lipinski definition) is 2. The Morgan fingerprint density at radius 1 is 1.09 bits per heavy atom. The fourth-order valence-electron chi connectivity index (χ4n) is 2.22. The molecule has 0 spiro atoms. The molecular formula is C16H20N4O2. The highest BCUT2D eigenvalue weighted by atomic mass is 16.6. The minimum absolute atomic E-state index is 0.565. The molecule has 0 saturated carbocycles. The first-order valence-electron chi connectivity index (χ1n) is 7.51. The molecular weight excluding hydrogens is 280 g/mol. The molecule has 0 fully saturated rings. The summed E-state index contributed by atoms with van der Waals surface area (Å²) in [6.45, 7) is 6.12. The Balaban J connectivity index is 1.79. The number of benzene rings is 1. The third kappa shape index (κ3) is 3.39. The van der Waals surface area contributed by atoms with Crippen molar-refractivity contribution in [2.24, 2.45) is 0 Å². The van der Waals surface area contributed by atoms with Gasteiger partial charge in [0.25, 0.3) is 0 Å². The number of nitrogens with one attached hydrogen (secondary N) is 2. The highest BCUT2D eigenvalue weighted by molar-refractivity contribution is 5.61. The van der Waals surface area contributed by atoms with Gasteiger partial charge >= 0.3 is 0 Å². The van der Waals surface area contributed by atoms with Crippen molar-refractivity contribution in [2.45, 2.75) is 20.3 Å². The van der Waals surface area contributed by atoms with Crippen LogP contribution in [0, 0.1) is 6.92 Å². The Hall–Kier alpha value is -2.50. The van der Waals surface area contributed by atoms with E-state index in [2.05, 4.69) is 27.5 Å². The molecule has 1 aliphatic rings. The van der Waals surface area contributed by atoms with Crippen LogP contribution in [0.2, 0.25) is 0 Å². The van der Waals surface area contributed by atoms with Crippen LogP contribution in [0.15, 0.2) is 24.3 Å². The van der Waals surface area contributed by atoms with Crippen LogP contribution in [-0.2, 0) is 0 Å². The zero-order valence-corrected chi connectivity index (χ0v) is 12.8. The van der Waals surface area contributed by atoms with E-state index in [1.54, 1.807) is 0 Å². The lowest BCUT2D eigenvalue weighted by Gasteiger charge is -2.19. The largest absolute Gasteiger partial charge is 0.486 e. The lowest BCUT2D eigenvalue weighted by Crippen LogP contribution is -2.15. The van der Waals surface area contributed by atoms with Gasteiger partial charge in [-0.05, 0) is 25.5 Å². The first-order valence-corrected chi connectivity index (χ1v) is 7.51. The standard InChI is InChI=1S/C16H20N4O2/c1-3-6-17-15-9-11(2)18-16(20-15)19-12-4-5-13-14(10-12)22-8-7-21-13/h4-5,9-10H,3,6-8H2,1-2H3,(H2,17,18,19,20). The summed E-state index contributed by atoms with van der Waals surface area (Å²) in [5.41, 5.74) is 1.78. The summed E-state index contributed by atoms with van der Waals surface area (Å²) < 4.78 is 11.1. The van der Waals surface area contributed by atoms with Crippen molar-refractivity contribution in [3.05, 3.63) is 30.0 Å². The Bertz CT molecular complexity index is 661. The molecule has 2 heterocycles. The van der Waals surface area contributed by atoms with Crippen molar-refractivity contribution < 1.29 is 9.47 Å². The van der Waals surface area contributed by atoms with Gasteiger partial charge in [0, 0.05) is 30.1 Å². The summed E-state index contributed by atoms with van der Waals surface area (Å²) in [4.78, 5) is 8.89. The molecule has 0 radical (unpaired) electrons. The molecule has 116 valence electrons. The normalized spacial score (nSPS) is 12.8. The van der Waals surface area contributed by atoms with Crippen LogP contribution in [-0.4, -0.2) is 29.7 Å². The predicted molar refractivity (Wildman–Crippen MR) is 86.3 cm³/mol. The lowest BCUT2D eigenvalue weighted by atomic mass is 10.2. The third-order valence-electron chi connectivity index (χ3n) is 3.21. The van der Waals surface area contributed by atoms with Crippen LogP contribution in [0.4, 0.5) is 17.5 Å². The summed E-state index contributed by atoms with van der Waals surface area (Å²) in [6.07, 6.45) is 1.05. The fraction of sp³-hybridized carbons (Fsp3) is 0.375. The molecule has 3 rings (SSSR count). The Morgan fingerprint density at radius 2 is 1.91 bits per heavy atom. The zero-order chi connectivity index (χ0) is 15.4. The first-order chi connectivity index (χ1) is 10.7. The van der Waals surface area contributed by atoms with Gasteiger partial charge in [0.2, 0.25) is 5.95 Å². The monoisotopic (exact) mass is 300 g/mol. The molecule has 0 bridgehead atoms. The van der Waals surface area contributed by atoms with Crippen molar-refractivity contribution in [1.82, 2.24) is 9.97 Å². The van der Waals surface area contributed by atoms with Crippen LogP contribution >= 0.6 is 0 Å². The van der Waals surface area contributed by atoms with Crippen LogP contribution in [0.5, 0.6) is 11.5 Å². The van der Waals surface area contributed by atoms with Crippen LogP contribution in [0.25, 0.3) is 0 Å². The van der Waals surface area contributed by atoms with Gasteiger partial charge in [0.05, 0.1) is 0 Å². The summed E-state index contributed by atoms with van der Waals surface area (Å²) in [5, 5.41) is 6.49. The van der Waals surface area contributed by atoms with Crippen LogP contribution in [0.1, 0.15) is 19.0 Å². The van der Waals surface area contributed by atoms with Crippen molar-refractivity contribution in [1.29, 1.82) is 0 Å². The summed E-state index contributed by atoms with van der Waals surface area (Å²) in [6, 6.07) is 7.66. The average molecular weight is 300 g/mol. The maximum atomic E-state index is 5.58. The topological polar surface area (TPSA) is 68.3 Å². The van der Waals surface area contributed by atoms with E-state index in [-0.39, 0.29) is 0 Å². The maximum Gasteiger partial charge on any atom is 0.229 e. The maximum absolute atomic E-state index is 5.58. The fourth-order valence-corrected chi connectivity index (χ4v) is 2.22. The van der Waals surface area contributed by atoms with E-state index < -0.39 is 0 Å². The smallest absolute Gasteiger partial charge is 0.229 e. The van der Waals surface area contributed by atoms with E-state index in [0.717, 1.165) is 41.7 Å². The van der Waals surface area contributed by atoms with E-state index in [1.807, 2.05) is 31.2 Å². The van der Waals surface area contributed by atoms with Gasteiger partial charge in [-0.3, -0.25) is 0 Å². The molecule has 0 aliphatic carbocycles. The molecule has 1 aliphatic heterocycles. The van der Waals surface area contributed by atoms with Gasteiger partial charge in [-0.15, -0.1) is 0 Å². The second-order valence-corrected chi connectivity index (χ2v) is 5.13. The van der Waals surface area contributed by atoms with E-state index in [9.17, 15) is 0 Å². The summed E-state index contributed by atoms with van der Waals surface area (Å²) in [5.74, 6) is 2.91. The molecule has 2 aromatic rings. The molecule has 0 atom stereocenters. The molecule has 6 nitrogen and oxygen atoms in total. The number of anilines is 3. The van der Waals surface area contributed by atoms with Gasteiger partial charge in [-0.25, -0.2) is 4.98 Å². The van der Waals surface area contributed by atoms with Crippen LogP contribution < -0.4 is 20.1 Å². The molecule has 2 N–H and O–H groups in total. The second kappa shape index (κ2) is 6.51. The Kier molecular flexibility index (Phi) is 4.27. The number of aromatic nitrogens is 2. The molecule has 0 unspecified atom stereocenters. The highest BCUT2D eigenvalue weighted by Gasteiger charge is 2.12. The third-order valence-corrected chi connectivity index (χ3v) is 3.21. The van der Waals surface area contributed by atoms with Crippen molar-refractivity contribution in [3.63, 3.8) is 0 Å². The number of fused-ring (bicyclic) bond motifs is 1.